The summed E-state index contributed by atoms with van der Waals surface area (Å²) in [5.41, 5.74) is 2.74. The molecule has 0 spiro atoms. The third-order valence-corrected chi connectivity index (χ3v) is 2.25. The molecular formula is C12H18N2O. The Morgan fingerprint density at radius 1 is 1.33 bits per heavy atom. The zero-order valence-corrected chi connectivity index (χ0v) is 9.72. The number of nitrogens with one attached hydrogen (secondary N) is 2. The van der Waals surface area contributed by atoms with Gasteiger partial charge in [-0.1, -0.05) is 6.07 Å². The van der Waals surface area contributed by atoms with Crippen molar-refractivity contribution in [3.63, 3.8) is 0 Å². The Morgan fingerprint density at radius 3 is 2.53 bits per heavy atom. The van der Waals surface area contributed by atoms with Crippen LogP contribution in [0.15, 0.2) is 18.2 Å². The fraction of sp³-hybridized carbons (Fsp3) is 0.417. The van der Waals surface area contributed by atoms with Crippen molar-refractivity contribution < 1.29 is 4.79 Å². The molecule has 0 unspecified atom stereocenters. The molecule has 0 aliphatic heterocycles. The Hall–Kier alpha value is -1.51. The van der Waals surface area contributed by atoms with E-state index in [1.165, 1.54) is 0 Å². The molecule has 1 aromatic rings. The molecule has 82 valence electrons. The molecule has 0 saturated carbocycles. The molecule has 3 nitrogen and oxygen atoms in total. The maximum absolute atomic E-state index is 11.5. The highest BCUT2D eigenvalue weighted by atomic mass is 16.1. The molecule has 0 atom stereocenters. The molecule has 15 heavy (non-hydrogen) atoms. The van der Waals surface area contributed by atoms with Crippen LogP contribution in [0.25, 0.3) is 0 Å². The molecule has 0 aliphatic carbocycles. The molecule has 2 N–H and O–H groups in total. The SMILES string of the molecule is CNC(=O)c1cccc(NC(C)C)c1C. The number of hydrogen-bond acceptors (Lipinski definition) is 2. The third-order valence-electron chi connectivity index (χ3n) is 2.25. The van der Waals surface area contributed by atoms with Crippen LogP contribution in [0, 0.1) is 6.92 Å². The van der Waals surface area contributed by atoms with E-state index in [4.69, 9.17) is 0 Å². The maximum Gasteiger partial charge on any atom is 0.251 e. The normalized spacial score (nSPS) is 10.2. The van der Waals surface area contributed by atoms with Crippen molar-refractivity contribution in [2.45, 2.75) is 26.8 Å². The number of rotatable bonds is 3. The summed E-state index contributed by atoms with van der Waals surface area (Å²) in [6.07, 6.45) is 0. The van der Waals surface area contributed by atoms with Gasteiger partial charge in [0.25, 0.3) is 5.91 Å². The average molecular weight is 206 g/mol. The molecule has 1 rings (SSSR count). The van der Waals surface area contributed by atoms with Gasteiger partial charge in [-0.15, -0.1) is 0 Å². The summed E-state index contributed by atoms with van der Waals surface area (Å²) in [7, 11) is 1.64. The van der Waals surface area contributed by atoms with E-state index in [1.807, 2.05) is 25.1 Å². The minimum absolute atomic E-state index is 0.0418. The molecule has 0 radical (unpaired) electrons. The summed E-state index contributed by atoms with van der Waals surface area (Å²) in [5, 5.41) is 5.95. The van der Waals surface area contributed by atoms with Crippen LogP contribution in [-0.4, -0.2) is 19.0 Å². The van der Waals surface area contributed by atoms with Crippen LogP contribution in [-0.2, 0) is 0 Å². The zero-order chi connectivity index (χ0) is 11.4. The molecular weight excluding hydrogens is 188 g/mol. The van der Waals surface area contributed by atoms with E-state index in [0.717, 1.165) is 16.8 Å². The van der Waals surface area contributed by atoms with Gasteiger partial charge in [-0.05, 0) is 38.5 Å². The van der Waals surface area contributed by atoms with Crippen LogP contribution in [0.1, 0.15) is 29.8 Å². The quantitative estimate of drug-likeness (QED) is 0.795. The van der Waals surface area contributed by atoms with Gasteiger partial charge in [-0.2, -0.15) is 0 Å². The van der Waals surface area contributed by atoms with Crippen LogP contribution in [0.2, 0.25) is 0 Å². The maximum atomic E-state index is 11.5. The standard InChI is InChI=1S/C12H18N2O/c1-8(2)14-11-7-5-6-10(9(11)3)12(15)13-4/h5-8,14H,1-4H3,(H,13,15). The van der Waals surface area contributed by atoms with Gasteiger partial charge in [-0.25, -0.2) is 0 Å². The molecule has 0 heterocycles. The lowest BCUT2D eigenvalue weighted by atomic mass is 10.1. The first kappa shape index (κ1) is 11.6. The Bertz CT molecular complexity index is 359. The predicted octanol–water partition coefficient (Wildman–Crippen LogP) is 2.17. The molecule has 0 saturated heterocycles. The van der Waals surface area contributed by atoms with Gasteiger partial charge < -0.3 is 10.6 Å². The number of benzene rings is 1. The van der Waals surface area contributed by atoms with E-state index in [-0.39, 0.29) is 5.91 Å². The summed E-state index contributed by atoms with van der Waals surface area (Å²) in [4.78, 5) is 11.5. The van der Waals surface area contributed by atoms with Gasteiger partial charge in [0, 0.05) is 24.3 Å². The van der Waals surface area contributed by atoms with Crippen molar-refractivity contribution in [2.24, 2.45) is 0 Å². The average Bonchev–Trinajstić information content (AvgIpc) is 2.19. The number of carbonyl (C=O) groups is 1. The van der Waals surface area contributed by atoms with E-state index in [2.05, 4.69) is 24.5 Å². The van der Waals surface area contributed by atoms with E-state index in [9.17, 15) is 4.79 Å². The lowest BCUT2D eigenvalue weighted by Gasteiger charge is -2.14. The second-order valence-electron chi connectivity index (χ2n) is 3.86. The summed E-state index contributed by atoms with van der Waals surface area (Å²) >= 11 is 0. The lowest BCUT2D eigenvalue weighted by molar-refractivity contribution is 0.0962. The van der Waals surface area contributed by atoms with Crippen LogP contribution in [0.5, 0.6) is 0 Å². The number of anilines is 1. The molecule has 0 aliphatic rings. The summed E-state index contributed by atoms with van der Waals surface area (Å²) in [6.45, 7) is 6.10. The molecule has 0 fully saturated rings. The highest BCUT2D eigenvalue weighted by molar-refractivity contribution is 5.96. The summed E-state index contributed by atoms with van der Waals surface area (Å²) in [5.74, 6) is -0.0418. The first-order valence-electron chi connectivity index (χ1n) is 5.14. The lowest BCUT2D eigenvalue weighted by Crippen LogP contribution is -2.20. The Morgan fingerprint density at radius 2 is 2.00 bits per heavy atom. The Labute approximate surface area is 90.9 Å². The van der Waals surface area contributed by atoms with Crippen LogP contribution >= 0.6 is 0 Å². The largest absolute Gasteiger partial charge is 0.383 e. The Balaban J connectivity index is 3.05. The van der Waals surface area contributed by atoms with Crippen molar-refractivity contribution >= 4 is 11.6 Å². The number of carbonyl (C=O) groups excluding carboxylic acids is 1. The van der Waals surface area contributed by atoms with Crippen molar-refractivity contribution in [1.29, 1.82) is 0 Å². The van der Waals surface area contributed by atoms with Gasteiger partial charge in [-0.3, -0.25) is 4.79 Å². The number of hydrogen-bond donors (Lipinski definition) is 2. The van der Waals surface area contributed by atoms with Gasteiger partial charge in [0.2, 0.25) is 0 Å². The zero-order valence-electron chi connectivity index (χ0n) is 9.72. The van der Waals surface area contributed by atoms with E-state index < -0.39 is 0 Å². The summed E-state index contributed by atoms with van der Waals surface area (Å²) in [6, 6.07) is 6.08. The monoisotopic (exact) mass is 206 g/mol. The van der Waals surface area contributed by atoms with E-state index in [0.29, 0.717) is 6.04 Å². The molecule has 1 amide bonds. The van der Waals surface area contributed by atoms with Gasteiger partial charge in [0.15, 0.2) is 0 Å². The second-order valence-corrected chi connectivity index (χ2v) is 3.86. The minimum atomic E-state index is -0.0418. The first-order chi connectivity index (χ1) is 7.06. The van der Waals surface area contributed by atoms with E-state index in [1.54, 1.807) is 7.05 Å². The smallest absolute Gasteiger partial charge is 0.251 e. The van der Waals surface area contributed by atoms with Crippen LogP contribution < -0.4 is 10.6 Å². The molecule has 0 bridgehead atoms. The third kappa shape index (κ3) is 2.72. The molecule has 3 heteroatoms. The van der Waals surface area contributed by atoms with Gasteiger partial charge >= 0.3 is 0 Å². The highest BCUT2D eigenvalue weighted by Gasteiger charge is 2.09. The van der Waals surface area contributed by atoms with Crippen molar-refractivity contribution in [2.75, 3.05) is 12.4 Å². The topological polar surface area (TPSA) is 41.1 Å². The van der Waals surface area contributed by atoms with Crippen molar-refractivity contribution in [3.8, 4) is 0 Å². The van der Waals surface area contributed by atoms with Crippen LogP contribution in [0.4, 0.5) is 5.69 Å². The predicted molar refractivity (Wildman–Crippen MR) is 63.3 cm³/mol. The van der Waals surface area contributed by atoms with Gasteiger partial charge in [0.1, 0.15) is 0 Å². The van der Waals surface area contributed by atoms with Crippen molar-refractivity contribution in [3.05, 3.63) is 29.3 Å². The van der Waals surface area contributed by atoms with Crippen molar-refractivity contribution in [1.82, 2.24) is 5.32 Å². The van der Waals surface area contributed by atoms with Gasteiger partial charge in [0.05, 0.1) is 0 Å². The minimum Gasteiger partial charge on any atom is -0.383 e. The second kappa shape index (κ2) is 4.82. The molecule has 0 aromatic heterocycles. The fourth-order valence-corrected chi connectivity index (χ4v) is 1.48. The summed E-state index contributed by atoms with van der Waals surface area (Å²) < 4.78 is 0. The molecule has 1 aromatic carbocycles. The highest BCUT2D eigenvalue weighted by Crippen LogP contribution is 2.19. The fourth-order valence-electron chi connectivity index (χ4n) is 1.48. The number of amides is 1. The van der Waals surface area contributed by atoms with Crippen LogP contribution in [0.3, 0.4) is 0 Å². The van der Waals surface area contributed by atoms with E-state index >= 15 is 0 Å². The Kier molecular flexibility index (Phi) is 3.72. The first-order valence-corrected chi connectivity index (χ1v) is 5.14.